The van der Waals surface area contributed by atoms with Crippen LogP contribution < -0.4 is 10.1 Å². The van der Waals surface area contributed by atoms with Gasteiger partial charge in [0, 0.05) is 17.1 Å². The molecule has 6 nitrogen and oxygen atoms in total. The van der Waals surface area contributed by atoms with Crippen LogP contribution in [0.5, 0.6) is 5.75 Å². The molecule has 0 bridgehead atoms. The number of aryl methyl sites for hydroxylation is 1. The van der Waals surface area contributed by atoms with Crippen LogP contribution in [0, 0.1) is 6.92 Å². The number of carbonyl (C=O) groups excluding carboxylic acids is 1. The minimum absolute atomic E-state index is 0.315. The molecule has 2 aromatic rings. The zero-order valence-electron chi connectivity index (χ0n) is 10.6. The minimum Gasteiger partial charge on any atom is -0.482 e. The Morgan fingerprint density at radius 2 is 2.25 bits per heavy atom. The van der Waals surface area contributed by atoms with Gasteiger partial charge in [-0.15, -0.1) is 11.3 Å². The SMILES string of the molecule is Cc1nc(C(=O)Nc2cccc(OCC(=O)O)c2)cs1. The highest BCUT2D eigenvalue weighted by molar-refractivity contribution is 7.09. The maximum absolute atomic E-state index is 11.9. The van der Waals surface area contributed by atoms with E-state index in [1.807, 2.05) is 6.92 Å². The van der Waals surface area contributed by atoms with Crippen molar-refractivity contribution >= 4 is 28.9 Å². The second-order valence-electron chi connectivity index (χ2n) is 3.92. The van der Waals surface area contributed by atoms with Crippen LogP contribution >= 0.6 is 11.3 Å². The number of nitrogens with one attached hydrogen (secondary N) is 1. The molecule has 0 aliphatic carbocycles. The number of hydrogen-bond acceptors (Lipinski definition) is 5. The van der Waals surface area contributed by atoms with E-state index in [1.165, 1.54) is 11.3 Å². The summed E-state index contributed by atoms with van der Waals surface area (Å²) in [7, 11) is 0. The first-order valence-electron chi connectivity index (χ1n) is 5.73. The Labute approximate surface area is 119 Å². The van der Waals surface area contributed by atoms with Gasteiger partial charge in [-0.1, -0.05) is 6.07 Å². The van der Waals surface area contributed by atoms with Gasteiger partial charge in [-0.3, -0.25) is 4.79 Å². The monoisotopic (exact) mass is 292 g/mol. The molecular formula is C13H12N2O4S. The lowest BCUT2D eigenvalue weighted by atomic mass is 10.3. The van der Waals surface area contributed by atoms with Crippen molar-refractivity contribution in [3.8, 4) is 5.75 Å². The predicted octanol–water partition coefficient (Wildman–Crippen LogP) is 2.17. The van der Waals surface area contributed by atoms with Crippen LogP contribution in [0.2, 0.25) is 0 Å². The van der Waals surface area contributed by atoms with Crippen LogP contribution in [-0.4, -0.2) is 28.6 Å². The van der Waals surface area contributed by atoms with Gasteiger partial charge in [0.15, 0.2) is 6.61 Å². The van der Waals surface area contributed by atoms with E-state index < -0.39 is 12.6 Å². The molecule has 20 heavy (non-hydrogen) atoms. The molecule has 7 heteroatoms. The molecule has 0 radical (unpaired) electrons. The van der Waals surface area contributed by atoms with Gasteiger partial charge in [0.05, 0.1) is 5.01 Å². The molecule has 2 rings (SSSR count). The lowest BCUT2D eigenvalue weighted by Crippen LogP contribution is -2.13. The summed E-state index contributed by atoms with van der Waals surface area (Å²) in [4.78, 5) is 26.4. The second-order valence-corrected chi connectivity index (χ2v) is 4.98. The Morgan fingerprint density at radius 1 is 1.45 bits per heavy atom. The number of rotatable bonds is 5. The lowest BCUT2D eigenvalue weighted by molar-refractivity contribution is -0.139. The van der Waals surface area contributed by atoms with Crippen LogP contribution in [-0.2, 0) is 4.79 Å². The van der Waals surface area contributed by atoms with Crippen molar-refractivity contribution in [2.45, 2.75) is 6.92 Å². The molecule has 0 saturated carbocycles. The summed E-state index contributed by atoms with van der Waals surface area (Å²) in [5.74, 6) is -0.998. The molecule has 1 amide bonds. The molecule has 0 fully saturated rings. The van der Waals surface area contributed by atoms with E-state index in [4.69, 9.17) is 9.84 Å². The van der Waals surface area contributed by atoms with Crippen molar-refractivity contribution in [1.29, 1.82) is 0 Å². The quantitative estimate of drug-likeness (QED) is 0.881. The average molecular weight is 292 g/mol. The lowest BCUT2D eigenvalue weighted by Gasteiger charge is -2.07. The highest BCUT2D eigenvalue weighted by Crippen LogP contribution is 2.18. The fourth-order valence-electron chi connectivity index (χ4n) is 1.47. The van der Waals surface area contributed by atoms with E-state index in [0.717, 1.165) is 5.01 Å². The van der Waals surface area contributed by atoms with Crippen molar-refractivity contribution in [1.82, 2.24) is 4.98 Å². The first-order valence-corrected chi connectivity index (χ1v) is 6.60. The first-order chi connectivity index (χ1) is 9.54. The third-order valence-electron chi connectivity index (χ3n) is 2.31. The molecule has 0 unspecified atom stereocenters. The Kier molecular flexibility index (Phi) is 4.31. The summed E-state index contributed by atoms with van der Waals surface area (Å²) in [6, 6.07) is 6.52. The van der Waals surface area contributed by atoms with Gasteiger partial charge in [0.2, 0.25) is 0 Å². The number of amides is 1. The van der Waals surface area contributed by atoms with Crippen molar-refractivity contribution in [3.05, 3.63) is 40.3 Å². The largest absolute Gasteiger partial charge is 0.482 e. The van der Waals surface area contributed by atoms with Crippen LogP contribution in [0.3, 0.4) is 0 Å². The maximum Gasteiger partial charge on any atom is 0.341 e. The first kappa shape index (κ1) is 14.0. The van der Waals surface area contributed by atoms with E-state index in [2.05, 4.69) is 10.3 Å². The van der Waals surface area contributed by atoms with E-state index in [0.29, 0.717) is 17.1 Å². The average Bonchev–Trinajstić information content (AvgIpc) is 2.84. The fourth-order valence-corrected chi connectivity index (χ4v) is 2.06. The number of thiazole rings is 1. The van der Waals surface area contributed by atoms with Crippen LogP contribution in [0.1, 0.15) is 15.5 Å². The van der Waals surface area contributed by atoms with Gasteiger partial charge in [-0.05, 0) is 19.1 Å². The highest BCUT2D eigenvalue weighted by atomic mass is 32.1. The number of hydrogen-bond donors (Lipinski definition) is 2. The normalized spacial score (nSPS) is 10.1. The van der Waals surface area contributed by atoms with Crippen LogP contribution in [0.25, 0.3) is 0 Å². The Balaban J connectivity index is 2.04. The molecule has 2 N–H and O–H groups in total. The third kappa shape index (κ3) is 3.79. The summed E-state index contributed by atoms with van der Waals surface area (Å²) >= 11 is 1.40. The van der Waals surface area contributed by atoms with Crippen LogP contribution in [0.15, 0.2) is 29.6 Å². The number of anilines is 1. The van der Waals surface area contributed by atoms with Gasteiger partial charge >= 0.3 is 5.97 Å². The molecular weight excluding hydrogens is 280 g/mol. The maximum atomic E-state index is 11.9. The molecule has 0 saturated heterocycles. The Hall–Kier alpha value is -2.41. The topological polar surface area (TPSA) is 88.5 Å². The van der Waals surface area contributed by atoms with Gasteiger partial charge in [0.1, 0.15) is 11.4 Å². The summed E-state index contributed by atoms with van der Waals surface area (Å²) in [6.07, 6.45) is 0. The molecule has 1 aromatic heterocycles. The molecule has 104 valence electrons. The summed E-state index contributed by atoms with van der Waals surface area (Å²) in [6.45, 7) is 1.39. The Bertz CT molecular complexity index is 639. The summed E-state index contributed by atoms with van der Waals surface area (Å²) in [5.41, 5.74) is 0.868. The third-order valence-corrected chi connectivity index (χ3v) is 3.08. The highest BCUT2D eigenvalue weighted by Gasteiger charge is 2.10. The predicted molar refractivity (Wildman–Crippen MR) is 74.4 cm³/mol. The molecule has 0 spiro atoms. The number of aromatic nitrogens is 1. The number of benzene rings is 1. The van der Waals surface area contributed by atoms with Gasteiger partial charge in [-0.2, -0.15) is 0 Å². The van der Waals surface area contributed by atoms with Crippen LogP contribution in [0.4, 0.5) is 5.69 Å². The smallest absolute Gasteiger partial charge is 0.341 e. The fraction of sp³-hybridized carbons (Fsp3) is 0.154. The van der Waals surface area contributed by atoms with Gasteiger partial charge in [-0.25, -0.2) is 9.78 Å². The van der Waals surface area contributed by atoms with E-state index in [9.17, 15) is 9.59 Å². The molecule has 1 aromatic carbocycles. The Morgan fingerprint density at radius 3 is 2.90 bits per heavy atom. The number of carboxylic acids is 1. The summed E-state index contributed by atoms with van der Waals surface area (Å²) < 4.78 is 5.04. The minimum atomic E-state index is -1.06. The number of ether oxygens (including phenoxy) is 1. The second kappa shape index (κ2) is 6.16. The van der Waals surface area contributed by atoms with E-state index in [-0.39, 0.29) is 5.91 Å². The zero-order valence-corrected chi connectivity index (χ0v) is 11.4. The number of carbonyl (C=O) groups is 2. The van der Waals surface area contributed by atoms with Gasteiger partial charge < -0.3 is 15.2 Å². The van der Waals surface area contributed by atoms with Crippen molar-refractivity contribution in [2.24, 2.45) is 0 Å². The zero-order chi connectivity index (χ0) is 14.5. The standard InChI is InChI=1S/C13H12N2O4S/c1-8-14-11(7-20-8)13(18)15-9-3-2-4-10(5-9)19-6-12(16)17/h2-5,7H,6H2,1H3,(H,15,18)(H,16,17). The number of carboxylic acid groups (broad SMARTS) is 1. The van der Waals surface area contributed by atoms with Crippen molar-refractivity contribution < 1.29 is 19.4 Å². The number of nitrogens with zero attached hydrogens (tertiary/aromatic N) is 1. The molecule has 0 aliphatic heterocycles. The van der Waals surface area contributed by atoms with Crippen molar-refractivity contribution in [2.75, 3.05) is 11.9 Å². The van der Waals surface area contributed by atoms with E-state index >= 15 is 0 Å². The number of aliphatic carboxylic acids is 1. The van der Waals surface area contributed by atoms with Gasteiger partial charge in [0.25, 0.3) is 5.91 Å². The van der Waals surface area contributed by atoms with E-state index in [1.54, 1.807) is 29.6 Å². The molecule has 0 atom stereocenters. The summed E-state index contributed by atoms with van der Waals surface area (Å²) in [5, 5.41) is 13.7. The van der Waals surface area contributed by atoms with Crippen molar-refractivity contribution in [3.63, 3.8) is 0 Å². The molecule has 1 heterocycles. The molecule has 0 aliphatic rings.